The third kappa shape index (κ3) is 3.51. The molecule has 0 atom stereocenters. The molecule has 0 aliphatic carbocycles. The van der Waals surface area contributed by atoms with Crippen molar-refractivity contribution in [1.82, 2.24) is 4.98 Å². The zero-order chi connectivity index (χ0) is 15.6. The summed E-state index contributed by atoms with van der Waals surface area (Å²) in [6.07, 6.45) is 1.38. The highest BCUT2D eigenvalue weighted by Gasteiger charge is 2.14. The lowest BCUT2D eigenvalue weighted by Gasteiger charge is -2.19. The monoisotopic (exact) mass is 286 g/mol. The summed E-state index contributed by atoms with van der Waals surface area (Å²) in [6, 6.07) is 8.92. The Morgan fingerprint density at radius 2 is 1.76 bits per heavy atom. The van der Waals surface area contributed by atoms with Crippen LogP contribution in [0, 0.1) is 0 Å². The van der Waals surface area contributed by atoms with Gasteiger partial charge in [0.25, 0.3) is 5.91 Å². The molecule has 3 N–H and O–H groups in total. The Hall–Kier alpha value is -2.56. The summed E-state index contributed by atoms with van der Waals surface area (Å²) in [6.45, 7) is 6.36. The van der Waals surface area contributed by atoms with Crippen molar-refractivity contribution in [2.75, 3.05) is 5.32 Å². The smallest absolute Gasteiger partial charge is 0.352 e. The van der Waals surface area contributed by atoms with Crippen molar-refractivity contribution >= 4 is 17.6 Å². The zero-order valence-electron chi connectivity index (χ0n) is 12.2. The molecular formula is C16H18N2O3. The van der Waals surface area contributed by atoms with Gasteiger partial charge in [-0.25, -0.2) is 4.79 Å². The number of carbonyl (C=O) groups excluding carboxylic acids is 1. The van der Waals surface area contributed by atoms with E-state index >= 15 is 0 Å². The predicted molar refractivity (Wildman–Crippen MR) is 80.8 cm³/mol. The number of hydrogen-bond donors (Lipinski definition) is 3. The summed E-state index contributed by atoms with van der Waals surface area (Å²) in [5, 5.41) is 11.6. The molecule has 1 heterocycles. The Morgan fingerprint density at radius 1 is 1.14 bits per heavy atom. The summed E-state index contributed by atoms with van der Waals surface area (Å²) >= 11 is 0. The number of aromatic nitrogens is 1. The first-order valence-electron chi connectivity index (χ1n) is 6.61. The van der Waals surface area contributed by atoms with Crippen LogP contribution in [0.15, 0.2) is 36.5 Å². The number of anilines is 1. The second-order valence-corrected chi connectivity index (χ2v) is 5.89. The number of aromatic carboxylic acids is 1. The third-order valence-corrected chi connectivity index (χ3v) is 3.18. The number of nitrogens with one attached hydrogen (secondary N) is 2. The number of H-pyrrole nitrogens is 1. The molecule has 2 aromatic rings. The van der Waals surface area contributed by atoms with E-state index in [2.05, 4.69) is 31.1 Å². The van der Waals surface area contributed by atoms with E-state index in [1.165, 1.54) is 17.8 Å². The van der Waals surface area contributed by atoms with Gasteiger partial charge in [0.2, 0.25) is 0 Å². The standard InChI is InChI=1S/C16H18N2O3/c1-16(2,3)11-4-6-12(7-5-11)18-14(19)10-8-13(15(20)21)17-9-10/h4-9,17H,1-3H3,(H,18,19)(H,20,21). The second kappa shape index (κ2) is 5.44. The van der Waals surface area contributed by atoms with Crippen LogP contribution in [0.3, 0.4) is 0 Å². The largest absolute Gasteiger partial charge is 0.477 e. The highest BCUT2D eigenvalue weighted by atomic mass is 16.4. The van der Waals surface area contributed by atoms with Gasteiger partial charge >= 0.3 is 5.97 Å². The van der Waals surface area contributed by atoms with E-state index in [1.807, 2.05) is 24.3 Å². The predicted octanol–water partition coefficient (Wildman–Crippen LogP) is 3.26. The van der Waals surface area contributed by atoms with Crippen LogP contribution in [-0.4, -0.2) is 22.0 Å². The number of amides is 1. The molecule has 0 fully saturated rings. The SMILES string of the molecule is CC(C)(C)c1ccc(NC(=O)c2c[nH]c(C(=O)O)c2)cc1. The van der Waals surface area contributed by atoms with Crippen LogP contribution in [-0.2, 0) is 5.41 Å². The van der Waals surface area contributed by atoms with Crippen LogP contribution in [0.2, 0.25) is 0 Å². The lowest BCUT2D eigenvalue weighted by Crippen LogP contribution is -2.13. The van der Waals surface area contributed by atoms with Crippen molar-refractivity contribution in [1.29, 1.82) is 0 Å². The van der Waals surface area contributed by atoms with Crippen LogP contribution in [0.25, 0.3) is 0 Å². The maximum Gasteiger partial charge on any atom is 0.352 e. The summed E-state index contributed by atoms with van der Waals surface area (Å²) < 4.78 is 0. The molecule has 1 aromatic carbocycles. The van der Waals surface area contributed by atoms with E-state index in [0.717, 1.165) is 0 Å². The summed E-state index contributed by atoms with van der Waals surface area (Å²) in [5.41, 5.74) is 2.18. The fourth-order valence-electron chi connectivity index (χ4n) is 1.91. The van der Waals surface area contributed by atoms with Gasteiger partial charge in [0.1, 0.15) is 5.69 Å². The molecule has 5 nitrogen and oxygen atoms in total. The van der Waals surface area contributed by atoms with E-state index in [9.17, 15) is 9.59 Å². The molecular weight excluding hydrogens is 268 g/mol. The molecule has 0 bridgehead atoms. The molecule has 1 amide bonds. The fourth-order valence-corrected chi connectivity index (χ4v) is 1.91. The number of rotatable bonds is 3. The molecule has 0 radical (unpaired) electrons. The summed E-state index contributed by atoms with van der Waals surface area (Å²) in [7, 11) is 0. The van der Waals surface area contributed by atoms with Crippen LogP contribution < -0.4 is 5.32 Å². The second-order valence-electron chi connectivity index (χ2n) is 5.89. The maximum atomic E-state index is 12.0. The molecule has 0 saturated carbocycles. The molecule has 0 unspecified atom stereocenters. The third-order valence-electron chi connectivity index (χ3n) is 3.18. The normalized spacial score (nSPS) is 11.2. The number of carboxylic acids is 1. The van der Waals surface area contributed by atoms with E-state index in [4.69, 9.17) is 5.11 Å². The molecule has 21 heavy (non-hydrogen) atoms. The van der Waals surface area contributed by atoms with Gasteiger partial charge < -0.3 is 15.4 Å². The van der Waals surface area contributed by atoms with Gasteiger partial charge in [-0.3, -0.25) is 4.79 Å². The van der Waals surface area contributed by atoms with E-state index in [0.29, 0.717) is 5.69 Å². The number of hydrogen-bond acceptors (Lipinski definition) is 2. The molecule has 0 aliphatic heterocycles. The molecule has 5 heteroatoms. The number of carbonyl (C=O) groups is 2. The van der Waals surface area contributed by atoms with Crippen molar-refractivity contribution in [3.63, 3.8) is 0 Å². The Morgan fingerprint density at radius 3 is 2.24 bits per heavy atom. The van der Waals surface area contributed by atoms with E-state index in [1.54, 1.807) is 0 Å². The van der Waals surface area contributed by atoms with Gasteiger partial charge in [0.15, 0.2) is 0 Å². The van der Waals surface area contributed by atoms with E-state index in [-0.39, 0.29) is 22.6 Å². The first-order valence-corrected chi connectivity index (χ1v) is 6.61. The minimum absolute atomic E-state index is 0.0109. The molecule has 0 spiro atoms. The number of aromatic amines is 1. The average Bonchev–Trinajstić information content (AvgIpc) is 2.88. The highest BCUT2D eigenvalue weighted by molar-refractivity contribution is 6.05. The topological polar surface area (TPSA) is 82.2 Å². The summed E-state index contributed by atoms with van der Waals surface area (Å²) in [4.78, 5) is 25.3. The Bertz CT molecular complexity index is 664. The van der Waals surface area contributed by atoms with E-state index < -0.39 is 5.97 Å². The van der Waals surface area contributed by atoms with Gasteiger partial charge in [-0.15, -0.1) is 0 Å². The first-order chi connectivity index (χ1) is 9.77. The quantitative estimate of drug-likeness (QED) is 0.810. The molecule has 2 rings (SSSR count). The van der Waals surface area contributed by atoms with Crippen LogP contribution >= 0.6 is 0 Å². The van der Waals surface area contributed by atoms with Crippen LogP contribution in [0.4, 0.5) is 5.69 Å². The van der Waals surface area contributed by atoms with Crippen LogP contribution in [0.1, 0.15) is 47.2 Å². The molecule has 0 saturated heterocycles. The Kier molecular flexibility index (Phi) is 3.84. The molecule has 0 aliphatic rings. The Labute approximate surface area is 123 Å². The van der Waals surface area contributed by atoms with Gasteiger partial charge in [0.05, 0.1) is 5.56 Å². The minimum Gasteiger partial charge on any atom is -0.477 e. The van der Waals surface area contributed by atoms with Crippen molar-refractivity contribution in [2.24, 2.45) is 0 Å². The fraction of sp³-hybridized carbons (Fsp3) is 0.250. The lowest BCUT2D eigenvalue weighted by atomic mass is 9.87. The molecule has 110 valence electrons. The Balaban J connectivity index is 2.10. The highest BCUT2D eigenvalue weighted by Crippen LogP contribution is 2.23. The summed E-state index contributed by atoms with van der Waals surface area (Å²) in [5.74, 6) is -1.44. The maximum absolute atomic E-state index is 12.0. The van der Waals surface area contributed by atoms with Gasteiger partial charge in [-0.05, 0) is 29.2 Å². The van der Waals surface area contributed by atoms with Crippen LogP contribution in [0.5, 0.6) is 0 Å². The molecule has 1 aromatic heterocycles. The average molecular weight is 286 g/mol. The van der Waals surface area contributed by atoms with Gasteiger partial charge in [-0.2, -0.15) is 0 Å². The zero-order valence-corrected chi connectivity index (χ0v) is 12.2. The van der Waals surface area contributed by atoms with Crippen molar-refractivity contribution < 1.29 is 14.7 Å². The van der Waals surface area contributed by atoms with Crippen molar-refractivity contribution in [2.45, 2.75) is 26.2 Å². The first kappa shape index (κ1) is 14.8. The lowest BCUT2D eigenvalue weighted by molar-refractivity contribution is 0.0691. The van der Waals surface area contributed by atoms with Crippen molar-refractivity contribution in [3.05, 3.63) is 53.3 Å². The number of carboxylic acid groups (broad SMARTS) is 1. The van der Waals surface area contributed by atoms with Crippen molar-refractivity contribution in [3.8, 4) is 0 Å². The van der Waals surface area contributed by atoms with Gasteiger partial charge in [-0.1, -0.05) is 32.9 Å². The number of benzene rings is 1. The minimum atomic E-state index is -1.09. The van der Waals surface area contributed by atoms with Gasteiger partial charge in [0, 0.05) is 11.9 Å².